The van der Waals surface area contributed by atoms with Crippen molar-refractivity contribution >= 4 is 5.91 Å². The van der Waals surface area contributed by atoms with Gasteiger partial charge in [0, 0.05) is 6.42 Å². The Morgan fingerprint density at radius 3 is 1.36 bits per heavy atom. The van der Waals surface area contributed by atoms with Gasteiger partial charge in [0.25, 0.3) is 0 Å². The molecular formula is C61H107NO18. The first kappa shape index (κ1) is 71.8. The van der Waals surface area contributed by atoms with Crippen LogP contribution in [0.5, 0.6) is 0 Å². The monoisotopic (exact) mass is 1140 g/mol. The van der Waals surface area contributed by atoms with Crippen LogP contribution in [0.25, 0.3) is 0 Å². The van der Waals surface area contributed by atoms with Crippen LogP contribution in [0.1, 0.15) is 187 Å². The molecule has 0 aromatic heterocycles. The van der Waals surface area contributed by atoms with Gasteiger partial charge in [0.05, 0.1) is 38.6 Å². The Balaban J connectivity index is 1.47. The number of hydrogen-bond acceptors (Lipinski definition) is 18. The Morgan fingerprint density at radius 2 is 0.850 bits per heavy atom. The minimum Gasteiger partial charge on any atom is -0.394 e. The highest BCUT2D eigenvalue weighted by atomic mass is 16.8. The summed E-state index contributed by atoms with van der Waals surface area (Å²) in [5.74, 6) is -0.296. The SMILES string of the molecule is CCCC/C=C/CC/C=C/CC/C=C/C(O)C(COC1OC(CO)C(OC2OC(CO)C(OC3OC(CO)C(O)C(O)C3O)C(O)C2O)C(O)C1O)NC(=O)CCCCCCCCCCCCC/C=C\C/C=C\CCCCCCC. The van der Waals surface area contributed by atoms with Crippen LogP contribution >= 0.6 is 0 Å². The third-order valence-corrected chi connectivity index (χ3v) is 15.0. The molecule has 464 valence electrons. The lowest BCUT2D eigenvalue weighted by Crippen LogP contribution is -2.66. The molecule has 3 rings (SSSR count). The van der Waals surface area contributed by atoms with Crippen molar-refractivity contribution in [2.24, 2.45) is 0 Å². The molecule has 17 atom stereocenters. The summed E-state index contributed by atoms with van der Waals surface area (Å²) in [5.41, 5.74) is 0. The zero-order valence-corrected chi connectivity index (χ0v) is 48.3. The van der Waals surface area contributed by atoms with E-state index in [1.54, 1.807) is 6.08 Å². The fourth-order valence-corrected chi connectivity index (χ4v) is 9.94. The molecule has 12 N–H and O–H groups in total. The lowest BCUT2D eigenvalue weighted by molar-refractivity contribution is -0.379. The van der Waals surface area contributed by atoms with Gasteiger partial charge in [-0.25, -0.2) is 0 Å². The maximum Gasteiger partial charge on any atom is 0.220 e. The number of carbonyl (C=O) groups is 1. The largest absolute Gasteiger partial charge is 0.394 e. The van der Waals surface area contributed by atoms with Crippen molar-refractivity contribution in [1.29, 1.82) is 0 Å². The molecule has 19 nitrogen and oxygen atoms in total. The quantitative estimate of drug-likeness (QED) is 0.0259. The second kappa shape index (κ2) is 44.0. The summed E-state index contributed by atoms with van der Waals surface area (Å²) in [7, 11) is 0. The van der Waals surface area contributed by atoms with Crippen molar-refractivity contribution in [3.8, 4) is 0 Å². The highest BCUT2D eigenvalue weighted by molar-refractivity contribution is 5.76. The lowest BCUT2D eigenvalue weighted by Gasteiger charge is -2.48. The number of carbonyl (C=O) groups excluding carboxylic acids is 1. The van der Waals surface area contributed by atoms with Gasteiger partial charge in [-0.3, -0.25) is 4.79 Å². The Labute approximate surface area is 477 Å². The maximum atomic E-state index is 13.3. The molecule has 80 heavy (non-hydrogen) atoms. The van der Waals surface area contributed by atoms with E-state index in [1.807, 2.05) is 6.08 Å². The second-order valence-corrected chi connectivity index (χ2v) is 21.8. The first-order valence-electron chi connectivity index (χ1n) is 30.5. The van der Waals surface area contributed by atoms with Crippen LogP contribution in [0.4, 0.5) is 0 Å². The summed E-state index contributed by atoms with van der Waals surface area (Å²) in [5, 5.41) is 120. The molecule has 3 aliphatic rings. The fourth-order valence-electron chi connectivity index (χ4n) is 9.94. The fraction of sp³-hybridized carbons (Fsp3) is 0.820. The molecule has 0 aromatic carbocycles. The maximum absolute atomic E-state index is 13.3. The molecule has 3 heterocycles. The van der Waals surface area contributed by atoms with Crippen molar-refractivity contribution in [2.75, 3.05) is 26.4 Å². The van der Waals surface area contributed by atoms with Crippen LogP contribution in [-0.2, 0) is 33.2 Å². The van der Waals surface area contributed by atoms with Gasteiger partial charge >= 0.3 is 0 Å². The van der Waals surface area contributed by atoms with E-state index in [4.69, 9.17) is 28.4 Å². The van der Waals surface area contributed by atoms with E-state index in [1.165, 1.54) is 89.9 Å². The highest BCUT2D eigenvalue weighted by Gasteiger charge is 2.53. The Bertz CT molecular complexity index is 1700. The van der Waals surface area contributed by atoms with Gasteiger partial charge in [0.15, 0.2) is 18.9 Å². The van der Waals surface area contributed by atoms with Crippen LogP contribution in [0, 0.1) is 0 Å². The number of rotatable bonds is 44. The van der Waals surface area contributed by atoms with Crippen LogP contribution in [-0.4, -0.2) is 193 Å². The Kier molecular flexibility index (Phi) is 39.5. The highest BCUT2D eigenvalue weighted by Crippen LogP contribution is 2.33. The number of hydrogen-bond donors (Lipinski definition) is 12. The molecule has 0 radical (unpaired) electrons. The summed E-state index contributed by atoms with van der Waals surface area (Å²) >= 11 is 0. The van der Waals surface area contributed by atoms with Crippen LogP contribution in [0.15, 0.2) is 60.8 Å². The number of ether oxygens (including phenoxy) is 6. The molecule has 3 saturated heterocycles. The first-order valence-corrected chi connectivity index (χ1v) is 30.5. The number of amides is 1. The van der Waals surface area contributed by atoms with Gasteiger partial charge in [-0.15, -0.1) is 0 Å². The summed E-state index contributed by atoms with van der Waals surface area (Å²) in [6, 6.07) is -0.998. The molecule has 19 heteroatoms. The molecule has 0 spiro atoms. The van der Waals surface area contributed by atoms with Crippen LogP contribution in [0.2, 0.25) is 0 Å². The third-order valence-electron chi connectivity index (χ3n) is 15.0. The van der Waals surface area contributed by atoms with E-state index in [2.05, 4.69) is 67.8 Å². The lowest BCUT2D eigenvalue weighted by atomic mass is 9.96. The van der Waals surface area contributed by atoms with Gasteiger partial charge in [-0.1, -0.05) is 171 Å². The minimum absolute atomic E-state index is 0.227. The predicted molar refractivity (Wildman–Crippen MR) is 305 cm³/mol. The van der Waals surface area contributed by atoms with Gasteiger partial charge in [0.1, 0.15) is 73.2 Å². The summed E-state index contributed by atoms with van der Waals surface area (Å²) in [4.78, 5) is 13.3. The van der Waals surface area contributed by atoms with Gasteiger partial charge in [-0.05, 0) is 70.6 Å². The van der Waals surface area contributed by atoms with Crippen molar-refractivity contribution in [3.05, 3.63) is 60.8 Å². The van der Waals surface area contributed by atoms with E-state index < -0.39 is 124 Å². The van der Waals surface area contributed by atoms with Crippen molar-refractivity contribution < 1.29 is 89.4 Å². The van der Waals surface area contributed by atoms with Gasteiger partial charge < -0.3 is 89.9 Å². The summed E-state index contributed by atoms with van der Waals surface area (Å²) in [6.07, 6.45) is 23.6. The molecule has 0 aliphatic carbocycles. The van der Waals surface area contributed by atoms with E-state index in [9.17, 15) is 61.0 Å². The Hall–Kier alpha value is -2.51. The Morgan fingerprint density at radius 1 is 0.450 bits per heavy atom. The molecular weight excluding hydrogens is 1030 g/mol. The minimum atomic E-state index is -1.98. The van der Waals surface area contributed by atoms with E-state index >= 15 is 0 Å². The topological polar surface area (TPSA) is 307 Å². The number of aliphatic hydroxyl groups excluding tert-OH is 11. The second-order valence-electron chi connectivity index (χ2n) is 21.8. The molecule has 3 fully saturated rings. The summed E-state index contributed by atoms with van der Waals surface area (Å²) < 4.78 is 34.2. The first-order chi connectivity index (χ1) is 38.8. The number of unbranched alkanes of at least 4 members (excludes halogenated alkanes) is 20. The molecule has 0 saturated carbocycles. The molecule has 0 aromatic rings. The van der Waals surface area contributed by atoms with E-state index in [-0.39, 0.29) is 18.9 Å². The zero-order valence-electron chi connectivity index (χ0n) is 48.3. The molecule has 0 bridgehead atoms. The average molecular weight is 1140 g/mol. The average Bonchev–Trinajstić information content (AvgIpc) is 3.45. The molecule has 1 amide bonds. The number of nitrogens with one attached hydrogen (secondary N) is 1. The van der Waals surface area contributed by atoms with Crippen LogP contribution < -0.4 is 5.32 Å². The van der Waals surface area contributed by atoms with Crippen molar-refractivity contribution in [3.63, 3.8) is 0 Å². The van der Waals surface area contributed by atoms with Crippen LogP contribution in [0.3, 0.4) is 0 Å². The number of aliphatic hydroxyl groups is 11. The standard InChI is InChI=1S/C61H107NO18/c1-3-5-7-9-11-13-15-17-18-19-20-21-22-23-24-25-26-27-29-31-33-35-37-39-49(67)62-44(45(66)38-36-34-32-30-28-16-14-12-10-8-6-4-2)43-75-59-55(73)52(70)57(47(41-64)77-59)80-61-56(74)53(71)58(48(42-65)78-61)79-60-54(72)51(69)50(68)46(40-63)76-60/h10,12,15,17,19-20,28,30,36,38,44-48,50-61,63-66,68-74H,3-9,11,13-14,16,18,21-27,29,31-35,37,39-43H2,1-2H3,(H,62,67)/b12-10+,17-15-,20-19-,30-28+,38-36+. The van der Waals surface area contributed by atoms with Gasteiger partial charge in [-0.2, -0.15) is 0 Å². The van der Waals surface area contributed by atoms with E-state index in [0.717, 1.165) is 64.2 Å². The molecule has 3 aliphatic heterocycles. The predicted octanol–water partition coefficient (Wildman–Crippen LogP) is 5.65. The third kappa shape index (κ3) is 27.5. The number of allylic oxidation sites excluding steroid dienone is 9. The summed E-state index contributed by atoms with van der Waals surface area (Å²) in [6.45, 7) is 1.61. The van der Waals surface area contributed by atoms with Crippen molar-refractivity contribution in [2.45, 2.75) is 291 Å². The van der Waals surface area contributed by atoms with Gasteiger partial charge in [0.2, 0.25) is 5.91 Å². The normalized spacial score (nSPS) is 30.4. The zero-order chi connectivity index (χ0) is 58.3. The smallest absolute Gasteiger partial charge is 0.220 e. The van der Waals surface area contributed by atoms with Crippen molar-refractivity contribution in [1.82, 2.24) is 5.32 Å². The van der Waals surface area contributed by atoms with E-state index in [0.29, 0.717) is 12.8 Å². The molecule has 17 unspecified atom stereocenters.